The number of pyridine rings is 2. The summed E-state index contributed by atoms with van der Waals surface area (Å²) >= 11 is 12.2. The topological polar surface area (TPSA) is 56.0 Å². The Bertz CT molecular complexity index is 807. The summed E-state index contributed by atoms with van der Waals surface area (Å²) in [5.74, 6) is 0.753. The predicted octanol–water partition coefficient (Wildman–Crippen LogP) is 3.60. The first-order valence-corrected chi connectivity index (χ1v) is 8.44. The van der Waals surface area contributed by atoms with Gasteiger partial charge in [-0.1, -0.05) is 23.2 Å². The molecular weight excluding hydrogens is 345 g/mol. The van der Waals surface area contributed by atoms with Gasteiger partial charge in [0.2, 0.25) is 0 Å². The van der Waals surface area contributed by atoms with Gasteiger partial charge in [0.15, 0.2) is 0 Å². The summed E-state index contributed by atoms with van der Waals surface area (Å²) in [6.07, 6.45) is 1.61. The Hall–Kier alpha value is -2.03. The van der Waals surface area contributed by atoms with Crippen molar-refractivity contribution in [2.24, 2.45) is 0 Å². The lowest BCUT2D eigenvalue weighted by Crippen LogP contribution is -2.47. The molecule has 1 fully saturated rings. The van der Waals surface area contributed by atoms with Gasteiger partial charge in [0.1, 0.15) is 11.9 Å². The molecule has 0 spiro atoms. The molecule has 24 heavy (non-hydrogen) atoms. The van der Waals surface area contributed by atoms with Gasteiger partial charge in [-0.2, -0.15) is 5.26 Å². The van der Waals surface area contributed by atoms with E-state index in [1.807, 2.05) is 19.9 Å². The highest BCUT2D eigenvalue weighted by atomic mass is 35.5. The fourth-order valence-electron chi connectivity index (χ4n) is 2.99. The summed E-state index contributed by atoms with van der Waals surface area (Å²) < 4.78 is 0. The number of piperazine rings is 1. The van der Waals surface area contributed by atoms with E-state index in [4.69, 9.17) is 23.2 Å². The summed E-state index contributed by atoms with van der Waals surface area (Å²) in [7, 11) is 0. The number of hydrogen-bond acceptors (Lipinski definition) is 5. The van der Waals surface area contributed by atoms with Gasteiger partial charge in [-0.15, -0.1) is 0 Å². The van der Waals surface area contributed by atoms with Gasteiger partial charge in [-0.25, -0.2) is 4.98 Å². The number of aromatic nitrogens is 2. The van der Waals surface area contributed by atoms with E-state index < -0.39 is 0 Å². The van der Waals surface area contributed by atoms with Crippen LogP contribution in [0.2, 0.25) is 10.0 Å². The zero-order valence-corrected chi connectivity index (χ0v) is 15.1. The number of rotatable bonds is 2. The van der Waals surface area contributed by atoms with Crippen LogP contribution in [0.15, 0.2) is 18.3 Å². The average molecular weight is 362 g/mol. The fraction of sp³-hybridized carbons (Fsp3) is 0.353. The Balaban J connectivity index is 1.80. The van der Waals surface area contributed by atoms with Gasteiger partial charge in [0.05, 0.1) is 27.0 Å². The van der Waals surface area contributed by atoms with Crippen LogP contribution in [-0.4, -0.2) is 36.1 Å². The second kappa shape index (κ2) is 6.84. The van der Waals surface area contributed by atoms with Crippen molar-refractivity contribution in [3.05, 3.63) is 45.3 Å². The van der Waals surface area contributed by atoms with Crippen molar-refractivity contribution < 1.29 is 0 Å². The van der Waals surface area contributed by atoms with Crippen LogP contribution in [0.3, 0.4) is 0 Å². The Morgan fingerprint density at radius 1 is 1.08 bits per heavy atom. The number of nitriles is 1. The smallest absolute Gasteiger partial charge is 0.147 e. The summed E-state index contributed by atoms with van der Waals surface area (Å²) in [6, 6.07) is 5.97. The number of anilines is 2. The highest BCUT2D eigenvalue weighted by Gasteiger charge is 2.23. The van der Waals surface area contributed by atoms with Crippen molar-refractivity contribution in [2.45, 2.75) is 13.8 Å². The molecule has 0 unspecified atom stereocenters. The SMILES string of the molecule is Cc1cc(N2CCN(c3ncc(Cl)cc3Cl)CC2)c(C#N)c(C)n1. The molecule has 0 aromatic carbocycles. The number of hydrogen-bond donors (Lipinski definition) is 0. The lowest BCUT2D eigenvalue weighted by Gasteiger charge is -2.37. The molecule has 1 aliphatic rings. The van der Waals surface area contributed by atoms with Crippen molar-refractivity contribution in [1.29, 1.82) is 5.26 Å². The van der Waals surface area contributed by atoms with Gasteiger partial charge in [-0.05, 0) is 26.0 Å². The molecule has 0 radical (unpaired) electrons. The van der Waals surface area contributed by atoms with E-state index in [0.717, 1.165) is 49.1 Å². The minimum absolute atomic E-state index is 0.531. The average Bonchev–Trinajstić information content (AvgIpc) is 2.54. The minimum atomic E-state index is 0.531. The fourth-order valence-corrected chi connectivity index (χ4v) is 3.49. The van der Waals surface area contributed by atoms with Crippen LogP contribution in [-0.2, 0) is 0 Å². The number of aryl methyl sites for hydroxylation is 2. The zero-order chi connectivity index (χ0) is 17.3. The van der Waals surface area contributed by atoms with Crippen molar-refractivity contribution in [2.75, 3.05) is 36.0 Å². The second-order valence-corrected chi connectivity index (χ2v) is 6.63. The summed E-state index contributed by atoms with van der Waals surface area (Å²) in [5.41, 5.74) is 3.30. The standard InChI is InChI=1S/C17H17Cl2N5/c1-11-7-16(14(9-20)12(2)22-11)23-3-5-24(6-4-23)17-15(19)8-13(18)10-21-17/h7-8,10H,3-6H2,1-2H3. The summed E-state index contributed by atoms with van der Waals surface area (Å²) in [6.45, 7) is 6.96. The Kier molecular flexibility index (Phi) is 4.79. The molecular formula is C17H17Cl2N5. The number of halogens is 2. The van der Waals surface area contributed by atoms with Crippen LogP contribution in [0.25, 0.3) is 0 Å². The zero-order valence-electron chi connectivity index (χ0n) is 13.6. The lowest BCUT2D eigenvalue weighted by atomic mass is 10.1. The molecule has 0 N–H and O–H groups in total. The molecule has 0 bridgehead atoms. The van der Waals surface area contributed by atoms with E-state index in [1.54, 1.807) is 12.3 Å². The van der Waals surface area contributed by atoms with Crippen LogP contribution in [0.5, 0.6) is 0 Å². The van der Waals surface area contributed by atoms with E-state index in [-0.39, 0.29) is 0 Å². The molecule has 2 aromatic rings. The Labute approximate surface area is 151 Å². The van der Waals surface area contributed by atoms with Crippen molar-refractivity contribution in [1.82, 2.24) is 9.97 Å². The summed E-state index contributed by atoms with van der Waals surface area (Å²) in [4.78, 5) is 13.1. The molecule has 2 aromatic heterocycles. The van der Waals surface area contributed by atoms with Gasteiger partial charge in [0.25, 0.3) is 0 Å². The third kappa shape index (κ3) is 3.26. The van der Waals surface area contributed by atoms with Crippen LogP contribution in [0.1, 0.15) is 17.0 Å². The Morgan fingerprint density at radius 2 is 1.75 bits per heavy atom. The van der Waals surface area contributed by atoms with Gasteiger partial charge >= 0.3 is 0 Å². The van der Waals surface area contributed by atoms with E-state index in [9.17, 15) is 5.26 Å². The molecule has 1 saturated heterocycles. The van der Waals surface area contributed by atoms with Crippen LogP contribution in [0, 0.1) is 25.2 Å². The quantitative estimate of drug-likeness (QED) is 0.817. The van der Waals surface area contributed by atoms with E-state index in [0.29, 0.717) is 15.6 Å². The summed E-state index contributed by atoms with van der Waals surface area (Å²) in [5, 5.41) is 10.5. The van der Waals surface area contributed by atoms with Crippen molar-refractivity contribution in [3.8, 4) is 6.07 Å². The van der Waals surface area contributed by atoms with Crippen molar-refractivity contribution >= 4 is 34.7 Å². The van der Waals surface area contributed by atoms with Gasteiger partial charge in [-0.3, -0.25) is 4.98 Å². The van der Waals surface area contributed by atoms with Crippen LogP contribution < -0.4 is 9.80 Å². The van der Waals surface area contributed by atoms with Gasteiger partial charge < -0.3 is 9.80 Å². The predicted molar refractivity (Wildman–Crippen MR) is 97.1 cm³/mol. The lowest BCUT2D eigenvalue weighted by molar-refractivity contribution is 0.646. The second-order valence-electron chi connectivity index (χ2n) is 5.79. The normalized spacial score (nSPS) is 14.6. The molecule has 124 valence electrons. The Morgan fingerprint density at radius 3 is 2.38 bits per heavy atom. The maximum Gasteiger partial charge on any atom is 0.147 e. The highest BCUT2D eigenvalue weighted by Crippen LogP contribution is 2.29. The van der Waals surface area contributed by atoms with E-state index in [2.05, 4.69) is 25.8 Å². The number of nitrogens with zero attached hydrogens (tertiary/aromatic N) is 5. The monoisotopic (exact) mass is 361 g/mol. The third-order valence-electron chi connectivity index (χ3n) is 4.13. The molecule has 0 atom stereocenters. The minimum Gasteiger partial charge on any atom is -0.367 e. The van der Waals surface area contributed by atoms with Crippen LogP contribution >= 0.6 is 23.2 Å². The molecule has 0 aliphatic carbocycles. The molecule has 3 heterocycles. The maximum absolute atomic E-state index is 9.45. The molecule has 1 aliphatic heterocycles. The first kappa shape index (κ1) is 16.8. The van der Waals surface area contributed by atoms with E-state index >= 15 is 0 Å². The highest BCUT2D eigenvalue weighted by molar-refractivity contribution is 6.36. The molecule has 5 nitrogen and oxygen atoms in total. The molecule has 0 amide bonds. The van der Waals surface area contributed by atoms with Gasteiger partial charge in [0, 0.05) is 38.1 Å². The van der Waals surface area contributed by atoms with E-state index in [1.165, 1.54) is 0 Å². The molecule has 0 saturated carbocycles. The molecule has 7 heteroatoms. The molecule has 3 rings (SSSR count). The largest absolute Gasteiger partial charge is 0.367 e. The first-order chi connectivity index (χ1) is 11.5. The maximum atomic E-state index is 9.45. The third-order valence-corrected chi connectivity index (χ3v) is 4.61. The van der Waals surface area contributed by atoms with Crippen molar-refractivity contribution in [3.63, 3.8) is 0 Å². The first-order valence-electron chi connectivity index (χ1n) is 7.69. The van der Waals surface area contributed by atoms with Crippen LogP contribution in [0.4, 0.5) is 11.5 Å².